The highest BCUT2D eigenvalue weighted by molar-refractivity contribution is 6.04. The molecule has 0 unspecified atom stereocenters. The fourth-order valence-electron chi connectivity index (χ4n) is 2.05. The van der Waals surface area contributed by atoms with Crippen molar-refractivity contribution in [2.24, 2.45) is 0 Å². The van der Waals surface area contributed by atoms with Gasteiger partial charge in [-0.2, -0.15) is 0 Å². The molecule has 0 aromatic heterocycles. The Balaban J connectivity index is 2.24. The van der Waals surface area contributed by atoms with Crippen LogP contribution in [-0.2, 0) is 9.59 Å². The van der Waals surface area contributed by atoms with Gasteiger partial charge in [-0.3, -0.25) is 9.59 Å². The second-order valence-electron chi connectivity index (χ2n) is 4.15. The van der Waals surface area contributed by atoms with Gasteiger partial charge < -0.3 is 15.1 Å². The number of hydrogen-bond acceptors (Lipinski definition) is 3. The number of carbonyl (C=O) groups excluding carboxylic acids is 2. The van der Waals surface area contributed by atoms with Crippen molar-refractivity contribution in [1.82, 2.24) is 15.1 Å². The summed E-state index contributed by atoms with van der Waals surface area (Å²) in [5.41, 5.74) is 0.378. The molecule has 0 bridgehead atoms. The number of carbonyl (C=O) groups is 2. The zero-order valence-corrected chi connectivity index (χ0v) is 8.99. The lowest BCUT2D eigenvalue weighted by Gasteiger charge is -2.30. The standard InChI is InChI=1S/C10H15N3O2/c1-12(2)6-7-10(15)13-5-3-4-8(13)9(14)11-7/h6,8H,3-5H2,1-2H3,(H,11,14)/b7-6+/t8-/m0/s1. The summed E-state index contributed by atoms with van der Waals surface area (Å²) in [5, 5.41) is 2.66. The predicted octanol–water partition coefficient (Wildman–Crippen LogP) is -0.490. The van der Waals surface area contributed by atoms with Crippen molar-refractivity contribution in [3.63, 3.8) is 0 Å². The maximum Gasteiger partial charge on any atom is 0.272 e. The van der Waals surface area contributed by atoms with Gasteiger partial charge in [-0.1, -0.05) is 0 Å². The number of hydrogen-bond donors (Lipinski definition) is 1. The van der Waals surface area contributed by atoms with Crippen molar-refractivity contribution in [3.05, 3.63) is 11.9 Å². The van der Waals surface area contributed by atoms with Gasteiger partial charge in [0.15, 0.2) is 0 Å². The lowest BCUT2D eigenvalue weighted by molar-refractivity contribution is -0.140. The molecule has 2 aliphatic heterocycles. The molecule has 1 atom stereocenters. The van der Waals surface area contributed by atoms with E-state index in [1.165, 1.54) is 0 Å². The first kappa shape index (κ1) is 10.0. The summed E-state index contributed by atoms with van der Waals surface area (Å²) in [7, 11) is 3.64. The molecular weight excluding hydrogens is 194 g/mol. The van der Waals surface area contributed by atoms with E-state index in [2.05, 4.69) is 5.32 Å². The van der Waals surface area contributed by atoms with Crippen LogP contribution < -0.4 is 5.32 Å². The summed E-state index contributed by atoms with van der Waals surface area (Å²) < 4.78 is 0. The molecule has 0 aliphatic carbocycles. The lowest BCUT2D eigenvalue weighted by atomic mass is 10.1. The summed E-state index contributed by atoms with van der Waals surface area (Å²) in [6.45, 7) is 0.696. The van der Waals surface area contributed by atoms with Crippen LogP contribution in [0.1, 0.15) is 12.8 Å². The Morgan fingerprint density at radius 3 is 2.87 bits per heavy atom. The summed E-state index contributed by atoms with van der Waals surface area (Å²) in [6, 6.07) is -0.239. The van der Waals surface area contributed by atoms with Crippen LogP contribution in [0, 0.1) is 0 Å². The third kappa shape index (κ3) is 1.69. The van der Waals surface area contributed by atoms with Crippen LogP contribution in [0.2, 0.25) is 0 Å². The average Bonchev–Trinajstić information content (AvgIpc) is 2.61. The number of amides is 2. The third-order valence-corrected chi connectivity index (χ3v) is 2.69. The number of fused-ring (bicyclic) bond motifs is 1. The van der Waals surface area contributed by atoms with Crippen molar-refractivity contribution < 1.29 is 9.59 Å². The van der Waals surface area contributed by atoms with E-state index in [0.717, 1.165) is 12.8 Å². The van der Waals surface area contributed by atoms with Crippen LogP contribution >= 0.6 is 0 Å². The summed E-state index contributed by atoms with van der Waals surface area (Å²) in [5.74, 6) is -0.119. The fraction of sp³-hybridized carbons (Fsp3) is 0.600. The van der Waals surface area contributed by atoms with Gasteiger partial charge >= 0.3 is 0 Å². The third-order valence-electron chi connectivity index (χ3n) is 2.69. The summed E-state index contributed by atoms with van der Waals surface area (Å²) >= 11 is 0. The number of nitrogens with zero attached hydrogens (tertiary/aromatic N) is 2. The molecule has 5 nitrogen and oxygen atoms in total. The van der Waals surface area contributed by atoms with Crippen molar-refractivity contribution in [2.45, 2.75) is 18.9 Å². The van der Waals surface area contributed by atoms with Crippen LogP contribution in [-0.4, -0.2) is 48.3 Å². The second kappa shape index (κ2) is 3.56. The number of nitrogens with one attached hydrogen (secondary N) is 1. The molecule has 0 aromatic carbocycles. The molecule has 2 saturated heterocycles. The zero-order valence-electron chi connectivity index (χ0n) is 8.99. The van der Waals surface area contributed by atoms with Crippen molar-refractivity contribution in [3.8, 4) is 0 Å². The molecule has 5 heteroatoms. The van der Waals surface area contributed by atoms with Gasteiger partial charge in [-0.05, 0) is 12.8 Å². The minimum Gasteiger partial charge on any atom is -0.382 e. The normalized spacial score (nSPS) is 28.0. The molecule has 15 heavy (non-hydrogen) atoms. The summed E-state index contributed by atoms with van der Waals surface area (Å²) in [6.07, 6.45) is 3.35. The summed E-state index contributed by atoms with van der Waals surface area (Å²) in [4.78, 5) is 27.0. The van der Waals surface area contributed by atoms with Gasteiger partial charge in [0, 0.05) is 26.8 Å². The van der Waals surface area contributed by atoms with Crippen LogP contribution in [0.25, 0.3) is 0 Å². The van der Waals surface area contributed by atoms with E-state index in [1.807, 2.05) is 14.1 Å². The first-order chi connectivity index (χ1) is 7.09. The predicted molar refractivity (Wildman–Crippen MR) is 54.6 cm³/mol. The van der Waals surface area contributed by atoms with Crippen LogP contribution in [0.15, 0.2) is 11.9 Å². The minimum absolute atomic E-state index is 0.0554. The Hall–Kier alpha value is -1.52. The highest BCUT2D eigenvalue weighted by Crippen LogP contribution is 2.22. The topological polar surface area (TPSA) is 52.7 Å². The average molecular weight is 209 g/mol. The molecular formula is C10H15N3O2. The molecule has 0 aromatic rings. The molecule has 0 radical (unpaired) electrons. The Kier molecular flexibility index (Phi) is 2.38. The van der Waals surface area contributed by atoms with E-state index in [9.17, 15) is 9.59 Å². The first-order valence-electron chi connectivity index (χ1n) is 5.09. The van der Waals surface area contributed by atoms with Crippen molar-refractivity contribution in [2.75, 3.05) is 20.6 Å². The van der Waals surface area contributed by atoms with E-state index in [0.29, 0.717) is 12.2 Å². The van der Waals surface area contributed by atoms with Gasteiger partial charge in [0.25, 0.3) is 5.91 Å². The quantitative estimate of drug-likeness (QED) is 0.593. The van der Waals surface area contributed by atoms with Gasteiger partial charge in [-0.15, -0.1) is 0 Å². The second-order valence-corrected chi connectivity index (χ2v) is 4.15. The van der Waals surface area contributed by atoms with E-state index in [1.54, 1.807) is 16.0 Å². The Morgan fingerprint density at radius 1 is 1.47 bits per heavy atom. The molecule has 2 fully saturated rings. The Morgan fingerprint density at radius 2 is 2.20 bits per heavy atom. The first-order valence-corrected chi connectivity index (χ1v) is 5.09. The molecule has 1 N–H and O–H groups in total. The van der Waals surface area contributed by atoms with Crippen LogP contribution in [0.5, 0.6) is 0 Å². The van der Waals surface area contributed by atoms with Crippen molar-refractivity contribution >= 4 is 11.8 Å². The minimum atomic E-state index is -0.239. The maximum absolute atomic E-state index is 11.9. The smallest absolute Gasteiger partial charge is 0.272 e. The van der Waals surface area contributed by atoms with Gasteiger partial charge in [0.1, 0.15) is 11.7 Å². The molecule has 2 rings (SSSR count). The fourth-order valence-corrected chi connectivity index (χ4v) is 2.05. The largest absolute Gasteiger partial charge is 0.382 e. The van der Waals surface area contributed by atoms with E-state index in [4.69, 9.17) is 0 Å². The lowest BCUT2D eigenvalue weighted by Crippen LogP contribution is -2.54. The van der Waals surface area contributed by atoms with E-state index in [-0.39, 0.29) is 17.9 Å². The maximum atomic E-state index is 11.9. The highest BCUT2D eigenvalue weighted by Gasteiger charge is 2.40. The van der Waals surface area contributed by atoms with Gasteiger partial charge in [-0.25, -0.2) is 0 Å². The van der Waals surface area contributed by atoms with E-state index < -0.39 is 0 Å². The van der Waals surface area contributed by atoms with Gasteiger partial charge in [0.05, 0.1) is 0 Å². The van der Waals surface area contributed by atoms with Crippen molar-refractivity contribution in [1.29, 1.82) is 0 Å². The molecule has 2 amide bonds. The SMILES string of the molecule is CN(C)/C=C1/NC(=O)[C@@H]2CCCN2C1=O. The molecule has 0 saturated carbocycles. The molecule has 82 valence electrons. The van der Waals surface area contributed by atoms with Gasteiger partial charge in [0.2, 0.25) is 5.91 Å². The highest BCUT2D eigenvalue weighted by atomic mass is 16.2. The van der Waals surface area contributed by atoms with Crippen LogP contribution in [0.4, 0.5) is 0 Å². The molecule has 2 aliphatic rings. The Bertz CT molecular complexity index is 336. The molecule has 2 heterocycles. The number of rotatable bonds is 1. The van der Waals surface area contributed by atoms with E-state index >= 15 is 0 Å². The zero-order chi connectivity index (χ0) is 11.0. The monoisotopic (exact) mass is 209 g/mol. The Labute approximate surface area is 88.7 Å². The van der Waals surface area contributed by atoms with Crippen LogP contribution in [0.3, 0.4) is 0 Å². The molecule has 0 spiro atoms. The number of piperazine rings is 1.